The molecule has 1 saturated heterocycles. The SMILES string of the molecule is CCN1CCCC1CNc1ccc([N+](=O)[O-])nc1. The fraction of sp³-hybridized carbons (Fsp3) is 0.583. The molecular weight excluding hydrogens is 232 g/mol. The van der Waals surface area contributed by atoms with Crippen LogP contribution in [0.2, 0.25) is 0 Å². The Labute approximate surface area is 106 Å². The number of nitrogens with one attached hydrogen (secondary N) is 1. The van der Waals surface area contributed by atoms with Gasteiger partial charge in [-0.05, 0) is 41.9 Å². The summed E-state index contributed by atoms with van der Waals surface area (Å²) in [7, 11) is 0. The number of nitrogens with zero attached hydrogens (tertiary/aromatic N) is 3. The van der Waals surface area contributed by atoms with Gasteiger partial charge in [0.1, 0.15) is 0 Å². The molecule has 1 fully saturated rings. The predicted molar refractivity (Wildman–Crippen MR) is 69.7 cm³/mol. The number of nitro groups is 1. The van der Waals surface area contributed by atoms with E-state index >= 15 is 0 Å². The average Bonchev–Trinajstić information content (AvgIpc) is 2.84. The standard InChI is InChI=1S/C12H18N4O2/c1-2-15-7-3-4-11(15)9-13-10-5-6-12(14-8-10)16(17)18/h5-6,8,11,13H,2-4,7,9H2,1H3. The van der Waals surface area contributed by atoms with E-state index in [0.29, 0.717) is 6.04 Å². The van der Waals surface area contributed by atoms with E-state index in [1.807, 2.05) is 0 Å². The van der Waals surface area contributed by atoms with Gasteiger partial charge in [0.25, 0.3) is 0 Å². The van der Waals surface area contributed by atoms with E-state index in [1.165, 1.54) is 31.6 Å². The number of aromatic nitrogens is 1. The van der Waals surface area contributed by atoms with Gasteiger partial charge >= 0.3 is 5.82 Å². The fourth-order valence-electron chi connectivity index (χ4n) is 2.38. The van der Waals surface area contributed by atoms with E-state index in [4.69, 9.17) is 0 Å². The number of hydrogen-bond donors (Lipinski definition) is 1. The first-order valence-electron chi connectivity index (χ1n) is 6.29. The second-order valence-electron chi connectivity index (χ2n) is 4.47. The van der Waals surface area contributed by atoms with Crippen molar-refractivity contribution in [2.24, 2.45) is 0 Å². The van der Waals surface area contributed by atoms with Crippen molar-refractivity contribution in [3.8, 4) is 0 Å². The summed E-state index contributed by atoms with van der Waals surface area (Å²) in [6.45, 7) is 5.28. The van der Waals surface area contributed by atoms with E-state index in [2.05, 4.69) is 22.1 Å². The van der Waals surface area contributed by atoms with Gasteiger partial charge in [0, 0.05) is 18.7 Å². The molecule has 18 heavy (non-hydrogen) atoms. The van der Waals surface area contributed by atoms with Crippen LogP contribution < -0.4 is 5.32 Å². The van der Waals surface area contributed by atoms with Gasteiger partial charge in [-0.15, -0.1) is 0 Å². The van der Waals surface area contributed by atoms with Crippen molar-refractivity contribution in [1.29, 1.82) is 0 Å². The molecule has 1 aromatic rings. The Hall–Kier alpha value is -1.69. The lowest BCUT2D eigenvalue weighted by Crippen LogP contribution is -2.34. The highest BCUT2D eigenvalue weighted by Gasteiger charge is 2.22. The van der Waals surface area contributed by atoms with Crippen LogP contribution >= 0.6 is 0 Å². The molecule has 0 saturated carbocycles. The fourth-order valence-corrected chi connectivity index (χ4v) is 2.38. The van der Waals surface area contributed by atoms with Crippen molar-refractivity contribution in [1.82, 2.24) is 9.88 Å². The molecular formula is C12H18N4O2. The smallest absolute Gasteiger partial charge is 0.363 e. The van der Waals surface area contributed by atoms with E-state index in [1.54, 1.807) is 6.07 Å². The van der Waals surface area contributed by atoms with Gasteiger partial charge < -0.3 is 15.4 Å². The van der Waals surface area contributed by atoms with Crippen molar-refractivity contribution < 1.29 is 4.92 Å². The van der Waals surface area contributed by atoms with Crippen molar-refractivity contribution in [2.75, 3.05) is 25.0 Å². The molecule has 6 heteroatoms. The molecule has 1 N–H and O–H groups in total. The van der Waals surface area contributed by atoms with Crippen molar-refractivity contribution in [2.45, 2.75) is 25.8 Å². The molecule has 98 valence electrons. The summed E-state index contributed by atoms with van der Waals surface area (Å²) in [5.74, 6) is -0.114. The van der Waals surface area contributed by atoms with E-state index < -0.39 is 4.92 Å². The van der Waals surface area contributed by atoms with Gasteiger partial charge in [-0.3, -0.25) is 4.90 Å². The molecule has 1 aliphatic heterocycles. The summed E-state index contributed by atoms with van der Waals surface area (Å²) < 4.78 is 0. The molecule has 1 aromatic heterocycles. The van der Waals surface area contributed by atoms with Crippen LogP contribution in [0.3, 0.4) is 0 Å². The van der Waals surface area contributed by atoms with Crippen LogP contribution in [0, 0.1) is 10.1 Å². The first kappa shape index (κ1) is 12.8. The van der Waals surface area contributed by atoms with Crippen LogP contribution in [0.1, 0.15) is 19.8 Å². The Bertz CT molecular complexity index is 407. The monoisotopic (exact) mass is 250 g/mol. The Kier molecular flexibility index (Phi) is 4.09. The van der Waals surface area contributed by atoms with Crippen LogP contribution in [0.15, 0.2) is 18.3 Å². The van der Waals surface area contributed by atoms with Crippen LogP contribution in [0.25, 0.3) is 0 Å². The van der Waals surface area contributed by atoms with Gasteiger partial charge in [0.15, 0.2) is 6.20 Å². The molecule has 0 radical (unpaired) electrons. The van der Waals surface area contributed by atoms with Crippen molar-refractivity contribution >= 4 is 11.5 Å². The Morgan fingerprint density at radius 1 is 1.61 bits per heavy atom. The molecule has 1 unspecified atom stereocenters. The summed E-state index contributed by atoms with van der Waals surface area (Å²) >= 11 is 0. The average molecular weight is 250 g/mol. The zero-order valence-corrected chi connectivity index (χ0v) is 10.5. The van der Waals surface area contributed by atoms with Crippen LogP contribution in [0.5, 0.6) is 0 Å². The molecule has 0 amide bonds. The molecule has 2 rings (SSSR count). The number of likely N-dealkylation sites (N-methyl/N-ethyl adjacent to an activating group) is 1. The molecule has 0 aliphatic carbocycles. The van der Waals surface area contributed by atoms with Crippen molar-refractivity contribution in [3.05, 3.63) is 28.4 Å². The second-order valence-corrected chi connectivity index (χ2v) is 4.47. The summed E-state index contributed by atoms with van der Waals surface area (Å²) in [5.41, 5.74) is 0.837. The largest absolute Gasteiger partial charge is 0.380 e. The maximum Gasteiger partial charge on any atom is 0.363 e. The van der Waals surface area contributed by atoms with Crippen LogP contribution in [-0.2, 0) is 0 Å². The normalized spacial score (nSPS) is 19.9. The lowest BCUT2D eigenvalue weighted by Gasteiger charge is -2.23. The van der Waals surface area contributed by atoms with Gasteiger partial charge in [0.05, 0.1) is 5.69 Å². The zero-order chi connectivity index (χ0) is 13.0. The van der Waals surface area contributed by atoms with Gasteiger partial charge in [-0.1, -0.05) is 6.92 Å². The summed E-state index contributed by atoms with van der Waals surface area (Å²) in [6.07, 6.45) is 3.98. The second kappa shape index (κ2) is 5.77. The minimum Gasteiger partial charge on any atom is -0.380 e. The topological polar surface area (TPSA) is 71.3 Å². The van der Waals surface area contributed by atoms with Gasteiger partial charge in [-0.25, -0.2) is 0 Å². The van der Waals surface area contributed by atoms with E-state index in [0.717, 1.165) is 18.8 Å². The zero-order valence-electron chi connectivity index (χ0n) is 10.5. The van der Waals surface area contributed by atoms with Crippen molar-refractivity contribution in [3.63, 3.8) is 0 Å². The minimum atomic E-state index is -0.487. The highest BCUT2D eigenvalue weighted by molar-refractivity contribution is 5.43. The number of likely N-dealkylation sites (tertiary alicyclic amines) is 1. The lowest BCUT2D eigenvalue weighted by molar-refractivity contribution is -0.389. The highest BCUT2D eigenvalue weighted by Crippen LogP contribution is 2.18. The number of rotatable bonds is 5. The number of anilines is 1. The van der Waals surface area contributed by atoms with Crippen LogP contribution in [0.4, 0.5) is 11.5 Å². The maximum absolute atomic E-state index is 10.5. The molecule has 2 heterocycles. The summed E-state index contributed by atoms with van der Waals surface area (Å²) in [5, 5.41) is 13.8. The third-order valence-corrected chi connectivity index (χ3v) is 3.38. The molecule has 1 atom stereocenters. The number of hydrogen-bond acceptors (Lipinski definition) is 5. The predicted octanol–water partition coefficient (Wildman–Crippen LogP) is 1.89. The molecule has 0 spiro atoms. The van der Waals surface area contributed by atoms with E-state index in [-0.39, 0.29) is 5.82 Å². The first-order chi connectivity index (χ1) is 8.70. The Balaban J connectivity index is 1.88. The Morgan fingerprint density at radius 3 is 3.06 bits per heavy atom. The quantitative estimate of drug-likeness (QED) is 0.638. The third-order valence-electron chi connectivity index (χ3n) is 3.38. The molecule has 1 aliphatic rings. The van der Waals surface area contributed by atoms with E-state index in [9.17, 15) is 10.1 Å². The van der Waals surface area contributed by atoms with Gasteiger partial charge in [-0.2, -0.15) is 0 Å². The first-order valence-corrected chi connectivity index (χ1v) is 6.29. The van der Waals surface area contributed by atoms with Crippen LogP contribution in [-0.4, -0.2) is 40.5 Å². The highest BCUT2D eigenvalue weighted by atomic mass is 16.6. The molecule has 0 bridgehead atoms. The lowest BCUT2D eigenvalue weighted by atomic mass is 10.2. The summed E-state index contributed by atoms with van der Waals surface area (Å²) in [6, 6.07) is 3.69. The summed E-state index contributed by atoms with van der Waals surface area (Å²) in [4.78, 5) is 16.2. The molecule has 0 aromatic carbocycles. The van der Waals surface area contributed by atoms with Gasteiger partial charge in [0.2, 0.25) is 0 Å². The molecule has 6 nitrogen and oxygen atoms in total. The minimum absolute atomic E-state index is 0.114. The number of pyridine rings is 1. The third kappa shape index (κ3) is 2.95. The Morgan fingerprint density at radius 2 is 2.44 bits per heavy atom. The maximum atomic E-state index is 10.5.